The van der Waals surface area contributed by atoms with E-state index in [-0.39, 0.29) is 0 Å². The highest BCUT2D eigenvalue weighted by Crippen LogP contribution is 2.39. The fourth-order valence-corrected chi connectivity index (χ4v) is 7.55. The second kappa shape index (κ2) is 11.5. The van der Waals surface area contributed by atoms with Gasteiger partial charge in [0, 0.05) is 27.2 Å². The first-order chi connectivity index (χ1) is 24.8. The molecule has 0 saturated heterocycles. The Labute approximate surface area is 290 Å². The fraction of sp³-hybridized carbons (Fsp3) is 0. The van der Waals surface area contributed by atoms with Crippen molar-refractivity contribution in [1.29, 1.82) is 0 Å². The summed E-state index contributed by atoms with van der Waals surface area (Å²) in [5.41, 5.74) is 14.9. The van der Waals surface area contributed by atoms with Crippen LogP contribution >= 0.6 is 0 Å². The van der Waals surface area contributed by atoms with Gasteiger partial charge in [-0.1, -0.05) is 127 Å². The molecule has 2 heterocycles. The van der Waals surface area contributed by atoms with Crippen molar-refractivity contribution in [3.8, 4) is 50.2 Å². The second-order valence-corrected chi connectivity index (χ2v) is 13.0. The van der Waals surface area contributed by atoms with E-state index in [0.29, 0.717) is 0 Å². The molecule has 0 radical (unpaired) electrons. The smallest absolute Gasteiger partial charge is 0.135 e. The maximum absolute atomic E-state index is 6.10. The van der Waals surface area contributed by atoms with Crippen molar-refractivity contribution in [2.75, 3.05) is 0 Å². The number of aromatic nitrogens is 1. The lowest BCUT2D eigenvalue weighted by Gasteiger charge is -2.14. The van der Waals surface area contributed by atoms with Crippen LogP contribution in [0.2, 0.25) is 0 Å². The van der Waals surface area contributed by atoms with Crippen molar-refractivity contribution in [3.63, 3.8) is 0 Å². The van der Waals surface area contributed by atoms with E-state index in [1.165, 1.54) is 66.3 Å². The Balaban J connectivity index is 1.12. The Kier molecular flexibility index (Phi) is 6.53. The molecule has 2 aromatic heterocycles. The minimum absolute atomic E-state index is 0.915. The van der Waals surface area contributed by atoms with E-state index in [1.54, 1.807) is 0 Å². The molecule has 0 bridgehead atoms. The predicted octanol–water partition coefficient (Wildman–Crippen LogP) is 13.4. The zero-order chi connectivity index (χ0) is 33.0. The Bertz CT molecular complexity index is 2800. The van der Waals surface area contributed by atoms with Gasteiger partial charge in [-0.25, -0.2) is 0 Å². The topological polar surface area (TPSA) is 18.1 Å². The number of para-hydroxylation sites is 2. The normalized spacial score (nSPS) is 11.6. The van der Waals surface area contributed by atoms with Crippen molar-refractivity contribution in [3.05, 3.63) is 188 Å². The highest BCUT2D eigenvalue weighted by molar-refractivity contribution is 6.11. The maximum Gasteiger partial charge on any atom is 0.135 e. The van der Waals surface area contributed by atoms with Gasteiger partial charge in [-0.05, 0) is 105 Å². The van der Waals surface area contributed by atoms with Gasteiger partial charge >= 0.3 is 0 Å². The number of nitrogens with zero attached hydrogens (tertiary/aromatic N) is 1. The number of hydrogen-bond donors (Lipinski definition) is 0. The average Bonchev–Trinajstić information content (AvgIpc) is 3.73. The van der Waals surface area contributed by atoms with E-state index in [2.05, 4.69) is 180 Å². The first kappa shape index (κ1) is 28.4. The number of hydrogen-bond acceptors (Lipinski definition) is 1. The largest absolute Gasteiger partial charge is 0.456 e. The first-order valence-electron chi connectivity index (χ1n) is 17.1. The van der Waals surface area contributed by atoms with Crippen LogP contribution in [-0.2, 0) is 0 Å². The molecule has 0 unspecified atom stereocenters. The Morgan fingerprint density at radius 3 is 1.50 bits per heavy atom. The van der Waals surface area contributed by atoms with Gasteiger partial charge in [-0.15, -0.1) is 0 Å². The summed E-state index contributed by atoms with van der Waals surface area (Å²) in [7, 11) is 0. The Morgan fingerprint density at radius 2 is 0.780 bits per heavy atom. The van der Waals surface area contributed by atoms with Crippen LogP contribution in [0.25, 0.3) is 93.9 Å². The molecule has 2 heteroatoms. The molecule has 0 aliphatic rings. The van der Waals surface area contributed by atoms with E-state index >= 15 is 0 Å². The standard InChI is InChI=1S/C48H31NO/c1-3-12-32(13-4-1)38-27-39(33-14-5-2-6-15-33)29-40(28-38)49-45-20-9-7-18-41(45)43-30-36(22-24-46(43)49)34-16-11-17-35(26-34)37-23-25-48-44(31-37)42-19-8-10-21-47(42)50-48/h1-31H. The number of rotatable bonds is 5. The van der Waals surface area contributed by atoms with E-state index in [4.69, 9.17) is 4.42 Å². The number of benzene rings is 8. The molecule has 0 aliphatic heterocycles. The first-order valence-corrected chi connectivity index (χ1v) is 17.1. The lowest BCUT2D eigenvalue weighted by atomic mass is 9.97. The van der Waals surface area contributed by atoms with Crippen molar-refractivity contribution >= 4 is 43.7 Å². The van der Waals surface area contributed by atoms with Gasteiger partial charge in [-0.2, -0.15) is 0 Å². The zero-order valence-electron chi connectivity index (χ0n) is 27.3. The van der Waals surface area contributed by atoms with Gasteiger partial charge in [0.25, 0.3) is 0 Å². The summed E-state index contributed by atoms with van der Waals surface area (Å²) < 4.78 is 8.53. The number of furan rings is 1. The molecule has 234 valence electrons. The molecular weight excluding hydrogens is 607 g/mol. The minimum atomic E-state index is 0.915. The van der Waals surface area contributed by atoms with Gasteiger partial charge in [0.2, 0.25) is 0 Å². The summed E-state index contributed by atoms with van der Waals surface area (Å²) in [5, 5.41) is 4.77. The molecule has 0 fully saturated rings. The summed E-state index contributed by atoms with van der Waals surface area (Å²) in [4.78, 5) is 0. The molecule has 10 rings (SSSR count). The predicted molar refractivity (Wildman–Crippen MR) is 210 cm³/mol. The fourth-order valence-electron chi connectivity index (χ4n) is 7.55. The molecule has 8 aromatic carbocycles. The highest BCUT2D eigenvalue weighted by atomic mass is 16.3. The van der Waals surface area contributed by atoms with E-state index in [9.17, 15) is 0 Å². The molecule has 0 atom stereocenters. The van der Waals surface area contributed by atoms with Crippen LogP contribution in [0.5, 0.6) is 0 Å². The average molecular weight is 638 g/mol. The third kappa shape index (κ3) is 4.73. The van der Waals surface area contributed by atoms with Crippen molar-refractivity contribution in [2.45, 2.75) is 0 Å². The van der Waals surface area contributed by atoms with Crippen molar-refractivity contribution < 1.29 is 4.42 Å². The quantitative estimate of drug-likeness (QED) is 0.184. The van der Waals surface area contributed by atoms with Crippen LogP contribution in [0.15, 0.2) is 192 Å². The van der Waals surface area contributed by atoms with Crippen molar-refractivity contribution in [2.24, 2.45) is 0 Å². The molecule has 0 spiro atoms. The van der Waals surface area contributed by atoms with Gasteiger partial charge < -0.3 is 8.98 Å². The molecule has 0 aliphatic carbocycles. The van der Waals surface area contributed by atoms with E-state index in [0.717, 1.165) is 27.6 Å². The SMILES string of the molecule is c1ccc(-c2cc(-c3ccccc3)cc(-n3c4ccccc4c4cc(-c5cccc(-c6ccc7oc8ccccc8c7c6)c5)ccc43)c2)cc1. The molecule has 0 saturated carbocycles. The Morgan fingerprint density at radius 1 is 0.280 bits per heavy atom. The third-order valence-electron chi connectivity index (χ3n) is 9.97. The van der Waals surface area contributed by atoms with E-state index in [1.807, 2.05) is 12.1 Å². The van der Waals surface area contributed by atoms with Gasteiger partial charge in [0.1, 0.15) is 11.2 Å². The van der Waals surface area contributed by atoms with Gasteiger partial charge in [-0.3, -0.25) is 0 Å². The van der Waals surface area contributed by atoms with Crippen LogP contribution in [-0.4, -0.2) is 4.57 Å². The summed E-state index contributed by atoms with van der Waals surface area (Å²) >= 11 is 0. The van der Waals surface area contributed by atoms with Crippen LogP contribution in [0.3, 0.4) is 0 Å². The molecule has 10 aromatic rings. The third-order valence-corrected chi connectivity index (χ3v) is 9.97. The van der Waals surface area contributed by atoms with Gasteiger partial charge in [0.15, 0.2) is 0 Å². The maximum atomic E-state index is 6.10. The lowest BCUT2D eigenvalue weighted by Crippen LogP contribution is -1.96. The zero-order valence-corrected chi connectivity index (χ0v) is 27.3. The second-order valence-electron chi connectivity index (χ2n) is 13.0. The monoisotopic (exact) mass is 637 g/mol. The van der Waals surface area contributed by atoms with Crippen LogP contribution in [0.1, 0.15) is 0 Å². The van der Waals surface area contributed by atoms with E-state index < -0.39 is 0 Å². The van der Waals surface area contributed by atoms with Crippen LogP contribution in [0.4, 0.5) is 0 Å². The summed E-state index contributed by atoms with van der Waals surface area (Å²) in [5.74, 6) is 0. The van der Waals surface area contributed by atoms with Crippen molar-refractivity contribution in [1.82, 2.24) is 4.57 Å². The molecule has 2 nitrogen and oxygen atoms in total. The van der Waals surface area contributed by atoms with Gasteiger partial charge in [0.05, 0.1) is 11.0 Å². The molecular formula is C48H31NO. The Hall–Kier alpha value is -6.64. The minimum Gasteiger partial charge on any atom is -0.456 e. The molecule has 0 amide bonds. The summed E-state index contributed by atoms with van der Waals surface area (Å²) in [6.07, 6.45) is 0. The highest BCUT2D eigenvalue weighted by Gasteiger charge is 2.16. The summed E-state index contributed by atoms with van der Waals surface area (Å²) in [6, 6.07) is 67.6. The molecule has 50 heavy (non-hydrogen) atoms. The van der Waals surface area contributed by atoms with Crippen LogP contribution in [0, 0.1) is 0 Å². The summed E-state index contributed by atoms with van der Waals surface area (Å²) in [6.45, 7) is 0. The van der Waals surface area contributed by atoms with Crippen LogP contribution < -0.4 is 0 Å². The molecule has 0 N–H and O–H groups in total. The number of fused-ring (bicyclic) bond motifs is 6. The lowest BCUT2D eigenvalue weighted by molar-refractivity contribution is 0.669.